The van der Waals surface area contributed by atoms with Gasteiger partial charge >= 0.3 is 0 Å². The monoisotopic (exact) mass is 261 g/mol. The van der Waals surface area contributed by atoms with E-state index in [-0.39, 0.29) is 0 Å². The van der Waals surface area contributed by atoms with Gasteiger partial charge in [-0.25, -0.2) is 4.98 Å². The van der Waals surface area contributed by atoms with Gasteiger partial charge in [-0.2, -0.15) is 0 Å². The van der Waals surface area contributed by atoms with Crippen molar-refractivity contribution < 1.29 is 0 Å². The van der Waals surface area contributed by atoms with Crippen molar-refractivity contribution in [3.63, 3.8) is 0 Å². The van der Waals surface area contributed by atoms with E-state index in [0.29, 0.717) is 5.41 Å². The second kappa shape index (κ2) is 5.81. The molecule has 0 aromatic carbocycles. The number of nitrogens with one attached hydrogen (secondary N) is 1. The van der Waals surface area contributed by atoms with Crippen molar-refractivity contribution >= 4 is 11.6 Å². The fraction of sp³-hybridized carbons (Fsp3) is 0.688. The molecule has 0 saturated carbocycles. The van der Waals surface area contributed by atoms with E-state index in [1.54, 1.807) is 0 Å². The van der Waals surface area contributed by atoms with Gasteiger partial charge in [0, 0.05) is 20.1 Å². The Bertz CT molecular complexity index is 409. The van der Waals surface area contributed by atoms with Crippen LogP contribution in [0, 0.1) is 11.3 Å². The molecular formula is C16H27N3. The SMILES string of the molecule is CNc1cccc(N2CCCC(C(C)(C)C)CC2)n1. The minimum absolute atomic E-state index is 0.427. The summed E-state index contributed by atoms with van der Waals surface area (Å²) in [7, 11) is 1.92. The molecule has 1 unspecified atom stereocenters. The minimum atomic E-state index is 0.427. The van der Waals surface area contributed by atoms with Crippen LogP contribution in [0.3, 0.4) is 0 Å². The standard InChI is InChI=1S/C16H27N3/c1-16(2,3)13-7-6-11-19(12-10-13)15-9-5-8-14(17-4)18-15/h5,8-9,13H,6-7,10-12H2,1-4H3,(H,17,18). The maximum Gasteiger partial charge on any atom is 0.130 e. The maximum atomic E-state index is 4.66. The van der Waals surface area contributed by atoms with Crippen LogP contribution in [-0.2, 0) is 0 Å². The molecule has 19 heavy (non-hydrogen) atoms. The summed E-state index contributed by atoms with van der Waals surface area (Å²) in [6, 6.07) is 6.22. The Balaban J connectivity index is 2.06. The Labute approximate surface area is 117 Å². The number of pyridine rings is 1. The number of anilines is 2. The summed E-state index contributed by atoms with van der Waals surface area (Å²) in [5.74, 6) is 2.89. The molecule has 1 aliphatic heterocycles. The van der Waals surface area contributed by atoms with Gasteiger partial charge < -0.3 is 10.2 Å². The molecule has 2 heterocycles. The highest BCUT2D eigenvalue weighted by Crippen LogP contribution is 2.35. The third-order valence-corrected chi connectivity index (χ3v) is 4.27. The molecule has 1 atom stereocenters. The van der Waals surface area contributed by atoms with E-state index in [4.69, 9.17) is 0 Å². The highest BCUT2D eigenvalue weighted by Gasteiger charge is 2.27. The molecule has 0 spiro atoms. The summed E-state index contributed by atoms with van der Waals surface area (Å²) in [4.78, 5) is 7.10. The summed E-state index contributed by atoms with van der Waals surface area (Å²) in [6.45, 7) is 9.36. The number of hydrogen-bond acceptors (Lipinski definition) is 3. The molecule has 3 heteroatoms. The van der Waals surface area contributed by atoms with Crippen LogP contribution in [-0.4, -0.2) is 25.1 Å². The summed E-state index contributed by atoms with van der Waals surface area (Å²) < 4.78 is 0. The van der Waals surface area contributed by atoms with E-state index in [9.17, 15) is 0 Å². The molecule has 1 fully saturated rings. The van der Waals surface area contributed by atoms with Gasteiger partial charge in [-0.3, -0.25) is 0 Å². The zero-order valence-electron chi connectivity index (χ0n) is 12.7. The first kappa shape index (κ1) is 14.2. The van der Waals surface area contributed by atoms with Gasteiger partial charge in [0.05, 0.1) is 0 Å². The predicted molar refractivity (Wildman–Crippen MR) is 82.8 cm³/mol. The van der Waals surface area contributed by atoms with Crippen molar-refractivity contribution in [2.45, 2.75) is 40.0 Å². The number of nitrogens with zero attached hydrogens (tertiary/aromatic N) is 2. The average molecular weight is 261 g/mol. The first-order valence-electron chi connectivity index (χ1n) is 7.40. The van der Waals surface area contributed by atoms with Gasteiger partial charge in [-0.05, 0) is 42.7 Å². The number of rotatable bonds is 2. The topological polar surface area (TPSA) is 28.2 Å². The van der Waals surface area contributed by atoms with Crippen LogP contribution in [0.1, 0.15) is 40.0 Å². The third kappa shape index (κ3) is 3.62. The molecule has 0 amide bonds. The molecule has 106 valence electrons. The summed E-state index contributed by atoms with van der Waals surface area (Å²) in [5.41, 5.74) is 0.427. The quantitative estimate of drug-likeness (QED) is 0.878. The van der Waals surface area contributed by atoms with Crippen LogP contribution in [0.2, 0.25) is 0 Å². The van der Waals surface area contributed by atoms with Crippen LogP contribution >= 0.6 is 0 Å². The van der Waals surface area contributed by atoms with Crippen molar-refractivity contribution in [1.82, 2.24) is 4.98 Å². The lowest BCUT2D eigenvalue weighted by Crippen LogP contribution is -2.26. The fourth-order valence-corrected chi connectivity index (χ4v) is 2.93. The summed E-state index contributed by atoms with van der Waals surface area (Å²) in [5, 5.41) is 3.12. The zero-order chi connectivity index (χ0) is 13.9. The second-order valence-electron chi connectivity index (χ2n) is 6.61. The molecule has 1 aromatic rings. The largest absolute Gasteiger partial charge is 0.373 e. The normalized spacial score (nSPS) is 21.1. The van der Waals surface area contributed by atoms with Gasteiger partial charge in [0.2, 0.25) is 0 Å². The lowest BCUT2D eigenvalue weighted by molar-refractivity contribution is 0.220. The smallest absolute Gasteiger partial charge is 0.130 e. The summed E-state index contributed by atoms with van der Waals surface area (Å²) in [6.07, 6.45) is 3.88. The molecule has 0 aliphatic carbocycles. The van der Waals surface area contributed by atoms with E-state index in [2.05, 4.69) is 48.1 Å². The van der Waals surface area contributed by atoms with Gasteiger partial charge in [0.15, 0.2) is 0 Å². The fourth-order valence-electron chi connectivity index (χ4n) is 2.93. The van der Waals surface area contributed by atoms with Crippen LogP contribution in [0.4, 0.5) is 11.6 Å². The van der Waals surface area contributed by atoms with Crippen LogP contribution in [0.25, 0.3) is 0 Å². The van der Waals surface area contributed by atoms with Gasteiger partial charge in [-0.15, -0.1) is 0 Å². The van der Waals surface area contributed by atoms with Crippen molar-refractivity contribution in [3.05, 3.63) is 18.2 Å². The van der Waals surface area contributed by atoms with E-state index in [1.165, 1.54) is 19.3 Å². The lowest BCUT2D eigenvalue weighted by atomic mass is 9.77. The van der Waals surface area contributed by atoms with Crippen LogP contribution < -0.4 is 10.2 Å². The van der Waals surface area contributed by atoms with Gasteiger partial charge in [-0.1, -0.05) is 26.8 Å². The van der Waals surface area contributed by atoms with E-state index in [0.717, 1.165) is 30.6 Å². The Morgan fingerprint density at radius 3 is 2.68 bits per heavy atom. The number of aromatic nitrogens is 1. The molecule has 1 aliphatic rings. The second-order valence-corrected chi connectivity index (χ2v) is 6.61. The van der Waals surface area contributed by atoms with E-state index >= 15 is 0 Å². The molecule has 1 saturated heterocycles. The lowest BCUT2D eigenvalue weighted by Gasteiger charge is -2.30. The average Bonchev–Trinajstić information content (AvgIpc) is 2.64. The van der Waals surface area contributed by atoms with Crippen molar-refractivity contribution in [3.8, 4) is 0 Å². The molecule has 3 nitrogen and oxygen atoms in total. The Morgan fingerprint density at radius 1 is 1.21 bits per heavy atom. The Hall–Kier alpha value is -1.25. The van der Waals surface area contributed by atoms with Gasteiger partial charge in [0.25, 0.3) is 0 Å². The van der Waals surface area contributed by atoms with Crippen molar-refractivity contribution in [2.75, 3.05) is 30.4 Å². The number of hydrogen-bond donors (Lipinski definition) is 1. The van der Waals surface area contributed by atoms with Gasteiger partial charge in [0.1, 0.15) is 11.6 Å². The zero-order valence-corrected chi connectivity index (χ0v) is 12.7. The van der Waals surface area contributed by atoms with E-state index < -0.39 is 0 Å². The van der Waals surface area contributed by atoms with Crippen molar-refractivity contribution in [1.29, 1.82) is 0 Å². The highest BCUT2D eigenvalue weighted by atomic mass is 15.2. The Kier molecular flexibility index (Phi) is 4.33. The van der Waals surface area contributed by atoms with Crippen LogP contribution in [0.5, 0.6) is 0 Å². The first-order chi connectivity index (χ1) is 9.00. The summed E-state index contributed by atoms with van der Waals surface area (Å²) >= 11 is 0. The molecule has 2 rings (SSSR count). The maximum absolute atomic E-state index is 4.66. The highest BCUT2D eigenvalue weighted by molar-refractivity contribution is 5.46. The molecular weight excluding hydrogens is 234 g/mol. The molecule has 0 radical (unpaired) electrons. The minimum Gasteiger partial charge on any atom is -0.373 e. The molecule has 1 N–H and O–H groups in total. The predicted octanol–water partition coefficient (Wildman–Crippen LogP) is 3.78. The Morgan fingerprint density at radius 2 is 2.00 bits per heavy atom. The molecule has 1 aromatic heterocycles. The third-order valence-electron chi connectivity index (χ3n) is 4.27. The van der Waals surface area contributed by atoms with Crippen LogP contribution in [0.15, 0.2) is 18.2 Å². The first-order valence-corrected chi connectivity index (χ1v) is 7.40. The molecule has 0 bridgehead atoms. The van der Waals surface area contributed by atoms with E-state index in [1.807, 2.05) is 13.1 Å². The van der Waals surface area contributed by atoms with Crippen molar-refractivity contribution in [2.24, 2.45) is 11.3 Å².